The molecule has 1 N–H and O–H groups in total. The van der Waals surface area contributed by atoms with Crippen molar-refractivity contribution in [2.75, 3.05) is 6.26 Å². The molecular formula is C14H18N2O3S. The van der Waals surface area contributed by atoms with E-state index in [0.717, 1.165) is 19.2 Å². The van der Waals surface area contributed by atoms with E-state index in [1.165, 1.54) is 12.1 Å². The first-order chi connectivity index (χ1) is 9.41. The van der Waals surface area contributed by atoms with Crippen LogP contribution in [0.3, 0.4) is 0 Å². The Kier molecular flexibility index (Phi) is 4.25. The Morgan fingerprint density at radius 1 is 1.35 bits per heavy atom. The summed E-state index contributed by atoms with van der Waals surface area (Å²) < 4.78 is 24.8. The quantitative estimate of drug-likeness (QED) is 0.912. The first-order valence-electron chi connectivity index (χ1n) is 6.42. The molecule has 2 aromatic rings. The van der Waals surface area contributed by atoms with E-state index in [2.05, 4.69) is 5.10 Å². The molecule has 0 spiro atoms. The number of sulfone groups is 1. The van der Waals surface area contributed by atoms with Crippen LogP contribution in [0.25, 0.3) is 0 Å². The minimum absolute atomic E-state index is 0.204. The van der Waals surface area contributed by atoms with Gasteiger partial charge < -0.3 is 5.11 Å². The van der Waals surface area contributed by atoms with Gasteiger partial charge in [0.2, 0.25) is 0 Å². The lowest BCUT2D eigenvalue weighted by Gasteiger charge is -2.10. The maximum Gasteiger partial charge on any atom is 0.175 e. The van der Waals surface area contributed by atoms with Gasteiger partial charge in [0.25, 0.3) is 0 Å². The summed E-state index contributed by atoms with van der Waals surface area (Å²) in [5, 5.41) is 14.5. The SMILES string of the molecule is CCCn1cc(C(O)c2cccc(S(C)(=O)=O)c2)cn1. The number of nitrogens with zero attached hydrogens (tertiary/aromatic N) is 2. The molecule has 0 aliphatic rings. The topological polar surface area (TPSA) is 72.2 Å². The Hall–Kier alpha value is -1.66. The zero-order chi connectivity index (χ0) is 14.8. The molecule has 1 heterocycles. The third-order valence-corrected chi connectivity index (χ3v) is 4.13. The molecule has 6 heteroatoms. The van der Waals surface area contributed by atoms with Gasteiger partial charge in [0.05, 0.1) is 11.1 Å². The second-order valence-electron chi connectivity index (χ2n) is 4.78. The van der Waals surface area contributed by atoms with Gasteiger partial charge in [-0.2, -0.15) is 5.10 Å². The maximum atomic E-state index is 11.5. The number of aliphatic hydroxyl groups is 1. The number of aromatic nitrogens is 2. The Labute approximate surface area is 118 Å². The molecule has 108 valence electrons. The number of benzene rings is 1. The van der Waals surface area contributed by atoms with Gasteiger partial charge in [-0.05, 0) is 24.1 Å². The predicted octanol–water partition coefficient (Wildman–Crippen LogP) is 1.78. The maximum absolute atomic E-state index is 11.5. The lowest BCUT2D eigenvalue weighted by Crippen LogP contribution is -2.02. The fourth-order valence-corrected chi connectivity index (χ4v) is 2.66. The van der Waals surface area contributed by atoms with Crippen molar-refractivity contribution in [3.05, 3.63) is 47.8 Å². The smallest absolute Gasteiger partial charge is 0.175 e. The summed E-state index contributed by atoms with van der Waals surface area (Å²) in [7, 11) is -3.28. The van der Waals surface area contributed by atoms with E-state index in [9.17, 15) is 13.5 Å². The highest BCUT2D eigenvalue weighted by Gasteiger charge is 2.15. The van der Waals surface area contributed by atoms with Crippen molar-refractivity contribution < 1.29 is 13.5 Å². The van der Waals surface area contributed by atoms with Crippen LogP contribution in [0.15, 0.2) is 41.6 Å². The number of rotatable bonds is 5. The lowest BCUT2D eigenvalue weighted by molar-refractivity contribution is 0.220. The van der Waals surface area contributed by atoms with E-state index < -0.39 is 15.9 Å². The van der Waals surface area contributed by atoms with Gasteiger partial charge in [0, 0.05) is 24.6 Å². The van der Waals surface area contributed by atoms with Gasteiger partial charge in [-0.25, -0.2) is 8.42 Å². The highest BCUT2D eigenvalue weighted by atomic mass is 32.2. The molecule has 0 saturated heterocycles. The fraction of sp³-hybridized carbons (Fsp3) is 0.357. The van der Waals surface area contributed by atoms with Crippen LogP contribution in [-0.4, -0.2) is 29.6 Å². The van der Waals surface area contributed by atoms with Crippen molar-refractivity contribution in [3.8, 4) is 0 Å². The first kappa shape index (κ1) is 14.7. The number of hydrogen-bond acceptors (Lipinski definition) is 4. The molecule has 2 rings (SSSR count). The Bertz CT molecular complexity index is 692. The molecule has 0 radical (unpaired) electrons. The van der Waals surface area contributed by atoms with E-state index >= 15 is 0 Å². The van der Waals surface area contributed by atoms with E-state index in [0.29, 0.717) is 11.1 Å². The van der Waals surface area contributed by atoms with E-state index in [-0.39, 0.29) is 4.90 Å². The van der Waals surface area contributed by atoms with Crippen LogP contribution in [0.1, 0.15) is 30.6 Å². The minimum atomic E-state index is -3.28. The van der Waals surface area contributed by atoms with Crippen molar-refractivity contribution >= 4 is 9.84 Å². The van der Waals surface area contributed by atoms with Crippen LogP contribution in [0.4, 0.5) is 0 Å². The van der Waals surface area contributed by atoms with Gasteiger partial charge in [0.15, 0.2) is 9.84 Å². The molecule has 20 heavy (non-hydrogen) atoms. The van der Waals surface area contributed by atoms with Crippen molar-refractivity contribution in [1.29, 1.82) is 0 Å². The van der Waals surface area contributed by atoms with Crippen LogP contribution in [0, 0.1) is 0 Å². The summed E-state index contributed by atoms with van der Waals surface area (Å²) in [4.78, 5) is 0.204. The molecule has 0 saturated carbocycles. The Morgan fingerprint density at radius 3 is 2.75 bits per heavy atom. The molecule has 0 fully saturated rings. The number of aliphatic hydroxyl groups excluding tert-OH is 1. The highest BCUT2D eigenvalue weighted by Crippen LogP contribution is 2.23. The van der Waals surface area contributed by atoms with Crippen molar-refractivity contribution in [3.63, 3.8) is 0 Å². The Balaban J connectivity index is 2.30. The molecule has 5 nitrogen and oxygen atoms in total. The summed E-state index contributed by atoms with van der Waals surface area (Å²) in [5.41, 5.74) is 1.20. The zero-order valence-corrected chi connectivity index (χ0v) is 12.3. The number of aryl methyl sites for hydroxylation is 1. The van der Waals surface area contributed by atoms with Crippen LogP contribution in [-0.2, 0) is 16.4 Å². The van der Waals surface area contributed by atoms with Gasteiger partial charge >= 0.3 is 0 Å². The van der Waals surface area contributed by atoms with Crippen LogP contribution >= 0.6 is 0 Å². The largest absolute Gasteiger partial charge is 0.384 e. The number of hydrogen-bond donors (Lipinski definition) is 1. The summed E-state index contributed by atoms with van der Waals surface area (Å²) >= 11 is 0. The third-order valence-electron chi connectivity index (χ3n) is 3.02. The molecular weight excluding hydrogens is 276 g/mol. The average molecular weight is 294 g/mol. The van der Waals surface area contributed by atoms with Crippen molar-refractivity contribution in [2.24, 2.45) is 0 Å². The molecule has 0 amide bonds. The fourth-order valence-electron chi connectivity index (χ4n) is 1.98. The predicted molar refractivity (Wildman–Crippen MR) is 76.1 cm³/mol. The van der Waals surface area contributed by atoms with Crippen molar-refractivity contribution in [2.45, 2.75) is 30.9 Å². The first-order valence-corrected chi connectivity index (χ1v) is 8.31. The van der Waals surface area contributed by atoms with Gasteiger partial charge in [0.1, 0.15) is 6.10 Å². The standard InChI is InChI=1S/C14H18N2O3S/c1-3-7-16-10-12(9-15-16)14(17)11-5-4-6-13(8-11)20(2,18)19/h4-6,8-10,14,17H,3,7H2,1-2H3. The van der Waals surface area contributed by atoms with Gasteiger partial charge in [-0.15, -0.1) is 0 Å². The second kappa shape index (κ2) is 5.76. The molecule has 0 aliphatic heterocycles. The molecule has 1 unspecified atom stereocenters. The van der Waals surface area contributed by atoms with Crippen LogP contribution in [0.2, 0.25) is 0 Å². The molecule has 1 aromatic heterocycles. The normalized spacial score (nSPS) is 13.3. The van der Waals surface area contributed by atoms with Gasteiger partial charge in [-0.1, -0.05) is 19.1 Å². The molecule has 1 atom stereocenters. The van der Waals surface area contributed by atoms with Crippen LogP contribution in [0.5, 0.6) is 0 Å². The third kappa shape index (κ3) is 3.26. The van der Waals surface area contributed by atoms with E-state index in [1.807, 2.05) is 6.92 Å². The monoisotopic (exact) mass is 294 g/mol. The van der Waals surface area contributed by atoms with Gasteiger partial charge in [-0.3, -0.25) is 4.68 Å². The summed E-state index contributed by atoms with van der Waals surface area (Å²) in [6.45, 7) is 2.84. The van der Waals surface area contributed by atoms with E-state index in [1.54, 1.807) is 29.2 Å². The molecule has 1 aromatic carbocycles. The summed E-state index contributed by atoms with van der Waals surface area (Å²) in [6.07, 6.45) is 4.62. The minimum Gasteiger partial charge on any atom is -0.384 e. The Morgan fingerprint density at radius 2 is 2.10 bits per heavy atom. The summed E-state index contributed by atoms with van der Waals surface area (Å²) in [6, 6.07) is 6.35. The van der Waals surface area contributed by atoms with Crippen molar-refractivity contribution in [1.82, 2.24) is 9.78 Å². The second-order valence-corrected chi connectivity index (χ2v) is 6.80. The lowest BCUT2D eigenvalue weighted by atomic mass is 10.1. The molecule has 0 aliphatic carbocycles. The molecule has 0 bridgehead atoms. The van der Waals surface area contributed by atoms with E-state index in [4.69, 9.17) is 0 Å². The van der Waals surface area contributed by atoms with Crippen LogP contribution < -0.4 is 0 Å². The highest BCUT2D eigenvalue weighted by molar-refractivity contribution is 7.90. The zero-order valence-electron chi connectivity index (χ0n) is 11.5. The average Bonchev–Trinajstić information content (AvgIpc) is 2.86. The summed E-state index contributed by atoms with van der Waals surface area (Å²) in [5.74, 6) is 0.